The van der Waals surface area contributed by atoms with Crippen molar-refractivity contribution in [1.29, 1.82) is 0 Å². The second kappa shape index (κ2) is 7.47. The first-order chi connectivity index (χ1) is 12.0. The van der Waals surface area contributed by atoms with Gasteiger partial charge in [0.1, 0.15) is 4.21 Å². The molecule has 3 heterocycles. The number of aromatic nitrogens is 1. The molecule has 0 amide bonds. The molecule has 1 fully saturated rings. The van der Waals surface area contributed by atoms with Gasteiger partial charge in [-0.15, -0.1) is 11.3 Å². The third-order valence-corrected chi connectivity index (χ3v) is 7.48. The quantitative estimate of drug-likeness (QED) is 0.739. The van der Waals surface area contributed by atoms with Crippen molar-refractivity contribution in [3.05, 3.63) is 47.1 Å². The summed E-state index contributed by atoms with van der Waals surface area (Å²) in [7, 11) is -3.57. The number of nitrogens with zero attached hydrogens (tertiary/aromatic N) is 2. The fourth-order valence-corrected chi connectivity index (χ4v) is 5.67. The number of thiophene rings is 1. The van der Waals surface area contributed by atoms with Crippen molar-refractivity contribution >= 4 is 39.0 Å². The first-order valence-corrected chi connectivity index (χ1v) is 10.2. The minimum Gasteiger partial charge on any atom is -0.545 e. The van der Waals surface area contributed by atoms with E-state index < -0.39 is 16.0 Å². The van der Waals surface area contributed by atoms with E-state index in [9.17, 15) is 18.3 Å². The molecule has 8 heteroatoms. The van der Waals surface area contributed by atoms with E-state index in [2.05, 4.69) is 4.98 Å². The molecule has 2 aromatic rings. The number of pyridine rings is 1. The fraction of sp³-hybridized carbons (Fsp3) is 0.294. The van der Waals surface area contributed by atoms with Crippen LogP contribution in [0.4, 0.5) is 0 Å². The lowest BCUT2D eigenvalue weighted by Gasteiger charge is -2.25. The SMILES string of the molecule is O=C([O-])/C(=C\c1ccncc1)c1ccc(S(=O)(=O)N2CCCCC2)s1. The Morgan fingerprint density at radius 2 is 1.80 bits per heavy atom. The number of sulfonamides is 1. The molecule has 1 saturated heterocycles. The number of aliphatic carboxylic acids is 1. The first-order valence-electron chi connectivity index (χ1n) is 7.92. The molecule has 2 aromatic heterocycles. The van der Waals surface area contributed by atoms with Crippen molar-refractivity contribution in [3.8, 4) is 0 Å². The molecule has 0 N–H and O–H groups in total. The molecule has 0 saturated carbocycles. The van der Waals surface area contributed by atoms with E-state index in [0.717, 1.165) is 30.6 Å². The summed E-state index contributed by atoms with van der Waals surface area (Å²) < 4.78 is 27.0. The van der Waals surface area contributed by atoms with Gasteiger partial charge in [-0.1, -0.05) is 6.42 Å². The molecule has 0 unspecified atom stereocenters. The Balaban J connectivity index is 1.93. The third-order valence-electron chi connectivity index (χ3n) is 3.99. The number of hydrogen-bond donors (Lipinski definition) is 0. The predicted octanol–water partition coefficient (Wildman–Crippen LogP) is 1.61. The molecule has 0 aromatic carbocycles. The zero-order chi connectivity index (χ0) is 17.9. The molecular formula is C17H17N2O4S2-. The Labute approximate surface area is 150 Å². The van der Waals surface area contributed by atoms with Crippen molar-refractivity contribution in [1.82, 2.24) is 9.29 Å². The van der Waals surface area contributed by atoms with Crippen LogP contribution in [0.3, 0.4) is 0 Å². The Hall–Kier alpha value is -2.03. The number of rotatable bonds is 5. The van der Waals surface area contributed by atoms with Crippen LogP contribution in [-0.2, 0) is 14.8 Å². The van der Waals surface area contributed by atoms with Gasteiger partial charge in [0, 0.05) is 35.9 Å². The Bertz CT molecular complexity index is 882. The second-order valence-electron chi connectivity index (χ2n) is 5.71. The van der Waals surface area contributed by atoms with Crippen molar-refractivity contribution in [2.75, 3.05) is 13.1 Å². The molecule has 0 atom stereocenters. The predicted molar refractivity (Wildman–Crippen MR) is 94.0 cm³/mol. The van der Waals surface area contributed by atoms with Gasteiger partial charge in [-0.2, -0.15) is 4.31 Å². The maximum atomic E-state index is 12.7. The summed E-state index contributed by atoms with van der Waals surface area (Å²) in [6.45, 7) is 1.02. The highest BCUT2D eigenvalue weighted by molar-refractivity contribution is 7.91. The number of piperidine rings is 1. The van der Waals surface area contributed by atoms with Crippen molar-refractivity contribution in [3.63, 3.8) is 0 Å². The standard InChI is InChI=1S/C17H18N2O4S2/c20-17(21)14(12-13-6-8-18-9-7-13)15-4-5-16(24-15)25(22,23)19-10-2-1-3-11-19/h4-9,12H,1-3,10-11H2,(H,20,21)/p-1/b14-12-. The van der Waals surface area contributed by atoms with Crippen molar-refractivity contribution in [2.45, 2.75) is 23.5 Å². The summed E-state index contributed by atoms with van der Waals surface area (Å²) in [6.07, 6.45) is 7.30. The van der Waals surface area contributed by atoms with E-state index >= 15 is 0 Å². The molecule has 1 aliphatic heterocycles. The third kappa shape index (κ3) is 3.97. The van der Waals surface area contributed by atoms with Crippen LogP contribution >= 0.6 is 11.3 Å². The normalized spacial score (nSPS) is 16.7. The molecule has 25 heavy (non-hydrogen) atoms. The van der Waals surface area contributed by atoms with E-state index in [1.807, 2.05) is 0 Å². The van der Waals surface area contributed by atoms with Gasteiger partial charge < -0.3 is 9.90 Å². The van der Waals surface area contributed by atoms with Gasteiger partial charge in [-0.25, -0.2) is 8.42 Å². The summed E-state index contributed by atoms with van der Waals surface area (Å²) >= 11 is 0.955. The van der Waals surface area contributed by atoms with Gasteiger partial charge in [-0.05, 0) is 48.7 Å². The van der Waals surface area contributed by atoms with Crippen LogP contribution in [-0.4, -0.2) is 36.8 Å². The zero-order valence-corrected chi connectivity index (χ0v) is 15.1. The zero-order valence-electron chi connectivity index (χ0n) is 13.4. The van der Waals surface area contributed by atoms with Crippen LogP contribution in [0.2, 0.25) is 0 Å². The first kappa shape index (κ1) is 17.8. The van der Waals surface area contributed by atoms with Gasteiger partial charge >= 0.3 is 0 Å². The van der Waals surface area contributed by atoms with E-state index in [1.165, 1.54) is 22.5 Å². The highest BCUT2D eigenvalue weighted by atomic mass is 32.2. The fourth-order valence-electron chi connectivity index (χ4n) is 2.69. The molecule has 0 radical (unpaired) electrons. The molecule has 3 rings (SSSR count). The Morgan fingerprint density at radius 3 is 2.44 bits per heavy atom. The van der Waals surface area contributed by atoms with Crippen molar-refractivity contribution < 1.29 is 18.3 Å². The van der Waals surface area contributed by atoms with E-state index in [1.54, 1.807) is 24.5 Å². The van der Waals surface area contributed by atoms with Crippen LogP contribution in [0.5, 0.6) is 0 Å². The van der Waals surface area contributed by atoms with Crippen LogP contribution in [0.15, 0.2) is 40.9 Å². The average molecular weight is 377 g/mol. The molecule has 0 spiro atoms. The summed E-state index contributed by atoms with van der Waals surface area (Å²) in [4.78, 5) is 15.8. The monoisotopic (exact) mass is 377 g/mol. The van der Waals surface area contributed by atoms with Crippen LogP contribution in [0.25, 0.3) is 11.6 Å². The molecule has 1 aliphatic rings. The molecule has 6 nitrogen and oxygen atoms in total. The summed E-state index contributed by atoms with van der Waals surface area (Å²) in [5.41, 5.74) is 0.610. The summed E-state index contributed by atoms with van der Waals surface area (Å²) in [6, 6.07) is 6.32. The lowest BCUT2D eigenvalue weighted by atomic mass is 10.1. The van der Waals surface area contributed by atoms with Gasteiger partial charge in [0.25, 0.3) is 10.0 Å². The Morgan fingerprint density at radius 1 is 1.12 bits per heavy atom. The smallest absolute Gasteiger partial charge is 0.252 e. The number of carboxylic acids is 1. The van der Waals surface area contributed by atoms with Gasteiger partial charge in [0.2, 0.25) is 0 Å². The summed E-state index contributed by atoms with van der Waals surface area (Å²) in [5, 5.41) is 11.5. The van der Waals surface area contributed by atoms with Gasteiger partial charge in [-0.3, -0.25) is 4.98 Å². The van der Waals surface area contributed by atoms with Gasteiger partial charge in [0.05, 0.1) is 5.97 Å². The lowest BCUT2D eigenvalue weighted by Crippen LogP contribution is -2.35. The maximum Gasteiger partial charge on any atom is 0.252 e. The minimum atomic E-state index is -3.57. The lowest BCUT2D eigenvalue weighted by molar-refractivity contribution is -0.295. The topological polar surface area (TPSA) is 90.4 Å². The maximum absolute atomic E-state index is 12.7. The van der Waals surface area contributed by atoms with Crippen molar-refractivity contribution in [2.24, 2.45) is 0 Å². The molecular weight excluding hydrogens is 360 g/mol. The largest absolute Gasteiger partial charge is 0.545 e. The number of carbonyl (C=O) groups excluding carboxylic acids is 1. The van der Waals surface area contributed by atoms with Crippen LogP contribution in [0, 0.1) is 0 Å². The number of hydrogen-bond acceptors (Lipinski definition) is 6. The molecule has 0 aliphatic carbocycles. The van der Waals surface area contributed by atoms with E-state index in [-0.39, 0.29) is 9.78 Å². The van der Waals surface area contributed by atoms with Crippen LogP contribution in [0.1, 0.15) is 29.7 Å². The summed E-state index contributed by atoms with van der Waals surface area (Å²) in [5.74, 6) is -1.35. The molecule has 132 valence electrons. The van der Waals surface area contributed by atoms with Crippen LogP contribution < -0.4 is 5.11 Å². The molecule has 0 bridgehead atoms. The van der Waals surface area contributed by atoms with E-state index in [0.29, 0.717) is 23.5 Å². The minimum absolute atomic E-state index is 0.0451. The Kier molecular flexibility index (Phi) is 5.31. The number of carboxylic acid groups (broad SMARTS) is 1. The average Bonchev–Trinajstić information content (AvgIpc) is 3.11. The number of carbonyl (C=O) groups is 1. The highest BCUT2D eigenvalue weighted by Gasteiger charge is 2.27. The van der Waals surface area contributed by atoms with Gasteiger partial charge in [0.15, 0.2) is 0 Å². The second-order valence-corrected chi connectivity index (χ2v) is 8.96. The van der Waals surface area contributed by atoms with E-state index in [4.69, 9.17) is 0 Å². The highest BCUT2D eigenvalue weighted by Crippen LogP contribution is 2.31.